The number of hydrogen-bond acceptors (Lipinski definition) is 7. The molecular weight excluding hydrogens is 350 g/mol. The first-order valence-corrected chi connectivity index (χ1v) is 8.12. The highest BCUT2D eigenvalue weighted by molar-refractivity contribution is 5.90. The third kappa shape index (κ3) is 4.20. The third-order valence-corrected chi connectivity index (χ3v) is 3.85. The Kier molecular flexibility index (Phi) is 5.61. The van der Waals surface area contributed by atoms with Gasteiger partial charge >= 0.3 is 5.97 Å². The first kappa shape index (κ1) is 18.3. The molecule has 0 N–H and O–H groups in total. The molecule has 140 valence electrons. The number of carbonyl (C=O) groups excluding carboxylic acids is 1. The summed E-state index contributed by atoms with van der Waals surface area (Å²) in [5.74, 6) is 1.72. The fourth-order valence-electron chi connectivity index (χ4n) is 2.42. The van der Waals surface area contributed by atoms with Gasteiger partial charge in [0.2, 0.25) is 5.89 Å². The van der Waals surface area contributed by atoms with Crippen LogP contribution in [0.3, 0.4) is 0 Å². The van der Waals surface area contributed by atoms with E-state index in [0.29, 0.717) is 28.6 Å². The predicted molar refractivity (Wildman–Crippen MR) is 97.2 cm³/mol. The number of hydrogen-bond donors (Lipinski definition) is 0. The number of esters is 1. The number of aromatic nitrogens is 1. The maximum absolute atomic E-state index is 11.6. The van der Waals surface area contributed by atoms with Gasteiger partial charge in [-0.05, 0) is 42.5 Å². The van der Waals surface area contributed by atoms with Crippen LogP contribution < -0.4 is 14.2 Å². The summed E-state index contributed by atoms with van der Waals surface area (Å²) in [4.78, 5) is 16.0. The van der Waals surface area contributed by atoms with E-state index in [1.54, 1.807) is 25.3 Å². The Labute approximate surface area is 156 Å². The minimum atomic E-state index is -0.444. The molecule has 0 atom stereocenters. The van der Waals surface area contributed by atoms with Gasteiger partial charge in [0.15, 0.2) is 11.5 Å². The molecule has 0 spiro atoms. The van der Waals surface area contributed by atoms with Crippen LogP contribution in [-0.2, 0) is 11.3 Å². The minimum Gasteiger partial charge on any atom is -0.497 e. The summed E-state index contributed by atoms with van der Waals surface area (Å²) in [6.07, 6.45) is 1.54. The van der Waals surface area contributed by atoms with E-state index in [0.717, 1.165) is 11.3 Å². The summed E-state index contributed by atoms with van der Waals surface area (Å²) in [7, 11) is 4.44. The number of carbonyl (C=O) groups is 1. The normalized spacial score (nSPS) is 10.3. The van der Waals surface area contributed by atoms with Crippen molar-refractivity contribution in [2.45, 2.75) is 6.61 Å². The van der Waals surface area contributed by atoms with Crippen molar-refractivity contribution in [3.8, 4) is 28.7 Å². The molecule has 0 radical (unpaired) electrons. The van der Waals surface area contributed by atoms with Gasteiger partial charge in [0.25, 0.3) is 0 Å². The van der Waals surface area contributed by atoms with Crippen molar-refractivity contribution in [1.82, 2.24) is 4.98 Å². The molecule has 27 heavy (non-hydrogen) atoms. The van der Waals surface area contributed by atoms with Crippen LogP contribution in [0, 0.1) is 0 Å². The Bertz CT molecular complexity index is 916. The molecule has 0 unspecified atom stereocenters. The number of oxazole rings is 1. The number of benzene rings is 2. The first-order chi connectivity index (χ1) is 13.1. The Morgan fingerprint density at radius 2 is 1.78 bits per heavy atom. The summed E-state index contributed by atoms with van der Waals surface area (Å²) >= 11 is 0. The smallest absolute Gasteiger partial charge is 0.337 e. The molecule has 0 aliphatic rings. The maximum atomic E-state index is 11.6. The summed E-state index contributed by atoms with van der Waals surface area (Å²) in [5, 5.41) is 0. The zero-order chi connectivity index (χ0) is 19.2. The highest BCUT2D eigenvalue weighted by atomic mass is 16.5. The molecule has 2 aromatic carbocycles. The molecule has 0 bridgehead atoms. The van der Waals surface area contributed by atoms with Crippen molar-refractivity contribution in [3.05, 3.63) is 60.0 Å². The number of methoxy groups -OCH3 is 3. The largest absolute Gasteiger partial charge is 0.497 e. The number of ether oxygens (including phenoxy) is 4. The molecule has 3 aromatic rings. The quantitative estimate of drug-likeness (QED) is 0.587. The SMILES string of the molecule is COC(=O)c1ccc(OCc2coc(-c3ccc(OC)cc3)n2)c(OC)c1. The lowest BCUT2D eigenvalue weighted by Crippen LogP contribution is -2.03. The third-order valence-electron chi connectivity index (χ3n) is 3.85. The molecule has 0 aliphatic heterocycles. The van der Waals surface area contributed by atoms with Crippen molar-refractivity contribution in [2.24, 2.45) is 0 Å². The maximum Gasteiger partial charge on any atom is 0.337 e. The summed E-state index contributed by atoms with van der Waals surface area (Å²) in [6.45, 7) is 0.188. The Morgan fingerprint density at radius 3 is 2.44 bits per heavy atom. The lowest BCUT2D eigenvalue weighted by molar-refractivity contribution is 0.0600. The second-order valence-electron chi connectivity index (χ2n) is 5.52. The monoisotopic (exact) mass is 369 g/mol. The average Bonchev–Trinajstić information content (AvgIpc) is 3.20. The molecular formula is C20H19NO6. The standard InChI is InChI=1S/C20H19NO6/c1-23-16-7-4-13(5-8-16)19-21-15(12-27-19)11-26-17-9-6-14(20(22)25-3)10-18(17)24-2/h4-10,12H,11H2,1-3H3. The van der Waals surface area contributed by atoms with Gasteiger partial charge < -0.3 is 23.4 Å². The Morgan fingerprint density at radius 1 is 1.00 bits per heavy atom. The van der Waals surface area contributed by atoms with Gasteiger partial charge in [0.1, 0.15) is 24.3 Å². The zero-order valence-electron chi connectivity index (χ0n) is 15.2. The summed E-state index contributed by atoms with van der Waals surface area (Å²) < 4.78 is 26.4. The topological polar surface area (TPSA) is 80.0 Å². The highest BCUT2D eigenvalue weighted by Crippen LogP contribution is 2.29. The lowest BCUT2D eigenvalue weighted by Gasteiger charge is -2.10. The van der Waals surface area contributed by atoms with E-state index in [2.05, 4.69) is 4.98 Å². The minimum absolute atomic E-state index is 0.188. The van der Waals surface area contributed by atoms with Crippen molar-refractivity contribution in [1.29, 1.82) is 0 Å². The van der Waals surface area contributed by atoms with Crippen LogP contribution in [0.5, 0.6) is 17.2 Å². The van der Waals surface area contributed by atoms with Crippen LogP contribution in [0.15, 0.2) is 53.1 Å². The second kappa shape index (κ2) is 8.27. The fourth-order valence-corrected chi connectivity index (χ4v) is 2.42. The van der Waals surface area contributed by atoms with Gasteiger partial charge in [-0.2, -0.15) is 0 Å². The molecule has 3 rings (SSSR count). The number of rotatable bonds is 7. The van der Waals surface area contributed by atoms with Gasteiger partial charge in [-0.1, -0.05) is 0 Å². The average molecular weight is 369 g/mol. The van der Waals surface area contributed by atoms with Crippen molar-refractivity contribution in [3.63, 3.8) is 0 Å². The van der Waals surface area contributed by atoms with Gasteiger partial charge in [0.05, 0.1) is 26.9 Å². The molecule has 7 nitrogen and oxygen atoms in total. The summed E-state index contributed by atoms with van der Waals surface area (Å²) in [6, 6.07) is 12.2. The predicted octanol–water partition coefficient (Wildman–Crippen LogP) is 3.72. The van der Waals surface area contributed by atoms with Gasteiger partial charge in [-0.25, -0.2) is 9.78 Å². The molecule has 0 aliphatic carbocycles. The zero-order valence-corrected chi connectivity index (χ0v) is 15.2. The fraction of sp³-hybridized carbons (Fsp3) is 0.200. The molecule has 7 heteroatoms. The van der Waals surface area contributed by atoms with Gasteiger partial charge in [0, 0.05) is 5.56 Å². The highest BCUT2D eigenvalue weighted by Gasteiger charge is 2.13. The van der Waals surface area contributed by atoms with Crippen molar-refractivity contribution in [2.75, 3.05) is 21.3 Å². The molecule has 1 aromatic heterocycles. The van der Waals surface area contributed by atoms with Crippen molar-refractivity contribution >= 4 is 5.97 Å². The van der Waals surface area contributed by atoms with E-state index in [9.17, 15) is 4.79 Å². The molecule has 1 heterocycles. The van der Waals surface area contributed by atoms with Crippen LogP contribution >= 0.6 is 0 Å². The second-order valence-corrected chi connectivity index (χ2v) is 5.52. The van der Waals surface area contributed by atoms with E-state index in [4.69, 9.17) is 23.4 Å². The van der Waals surface area contributed by atoms with Crippen LogP contribution in [0.4, 0.5) is 0 Å². The van der Waals surface area contributed by atoms with Crippen molar-refractivity contribution < 1.29 is 28.2 Å². The van der Waals surface area contributed by atoms with Crippen LogP contribution in [0.1, 0.15) is 16.1 Å². The van der Waals surface area contributed by atoms with E-state index in [1.807, 2.05) is 24.3 Å². The molecule has 0 saturated carbocycles. The Balaban J connectivity index is 1.70. The lowest BCUT2D eigenvalue weighted by atomic mass is 10.2. The van der Waals surface area contributed by atoms with E-state index in [1.165, 1.54) is 20.5 Å². The van der Waals surface area contributed by atoms with E-state index in [-0.39, 0.29) is 6.61 Å². The van der Waals surface area contributed by atoms with Crippen LogP contribution in [0.2, 0.25) is 0 Å². The van der Waals surface area contributed by atoms with Gasteiger partial charge in [-0.15, -0.1) is 0 Å². The van der Waals surface area contributed by atoms with Crippen LogP contribution in [-0.4, -0.2) is 32.3 Å². The molecule has 0 saturated heterocycles. The summed E-state index contributed by atoms with van der Waals surface area (Å²) in [5.41, 5.74) is 1.84. The molecule has 0 amide bonds. The van der Waals surface area contributed by atoms with E-state index < -0.39 is 5.97 Å². The molecule has 0 fully saturated rings. The first-order valence-electron chi connectivity index (χ1n) is 8.12. The van der Waals surface area contributed by atoms with Gasteiger partial charge in [-0.3, -0.25) is 0 Å². The van der Waals surface area contributed by atoms with Crippen LogP contribution in [0.25, 0.3) is 11.5 Å². The number of nitrogens with zero attached hydrogens (tertiary/aromatic N) is 1. The van der Waals surface area contributed by atoms with E-state index >= 15 is 0 Å². The Hall–Kier alpha value is -3.48.